The minimum atomic E-state index is 0.561. The van der Waals surface area contributed by atoms with E-state index >= 15 is 0 Å². The predicted molar refractivity (Wildman–Crippen MR) is 81.7 cm³/mol. The molecule has 3 aromatic rings. The second kappa shape index (κ2) is 5.51. The van der Waals surface area contributed by atoms with Gasteiger partial charge in [-0.05, 0) is 25.3 Å². The van der Waals surface area contributed by atoms with Crippen molar-refractivity contribution < 1.29 is 4.52 Å². The standard InChI is InChI=1S/C16H14N2OS/c1-11-7-9-12(10-8-11)15-17-16(19-18-15)13-5-3-4-6-14(13)20-2/h3-10H,1-2H3. The Balaban J connectivity index is 2.00. The van der Waals surface area contributed by atoms with Gasteiger partial charge >= 0.3 is 0 Å². The molecule has 100 valence electrons. The van der Waals surface area contributed by atoms with Crippen LogP contribution in [0.2, 0.25) is 0 Å². The number of aryl methyl sites for hydroxylation is 1. The van der Waals surface area contributed by atoms with Crippen LogP contribution < -0.4 is 0 Å². The van der Waals surface area contributed by atoms with Crippen molar-refractivity contribution >= 4 is 11.8 Å². The zero-order valence-corrected chi connectivity index (χ0v) is 12.1. The first-order valence-corrected chi connectivity index (χ1v) is 7.54. The van der Waals surface area contributed by atoms with Crippen molar-refractivity contribution in [3.8, 4) is 22.8 Å². The minimum Gasteiger partial charge on any atom is -0.334 e. The van der Waals surface area contributed by atoms with E-state index in [9.17, 15) is 0 Å². The normalized spacial score (nSPS) is 10.7. The van der Waals surface area contributed by atoms with Crippen LogP contribution in [0.1, 0.15) is 5.56 Å². The quantitative estimate of drug-likeness (QED) is 0.666. The van der Waals surface area contributed by atoms with Crippen molar-refractivity contribution in [2.45, 2.75) is 11.8 Å². The Labute approximate surface area is 122 Å². The van der Waals surface area contributed by atoms with E-state index in [1.807, 2.05) is 48.7 Å². The first kappa shape index (κ1) is 12.9. The molecule has 0 fully saturated rings. The van der Waals surface area contributed by atoms with Crippen LogP contribution in [0.4, 0.5) is 0 Å². The lowest BCUT2D eigenvalue weighted by Crippen LogP contribution is -1.83. The van der Waals surface area contributed by atoms with Crippen LogP contribution in [0.5, 0.6) is 0 Å². The Bertz CT molecular complexity index is 719. The lowest BCUT2D eigenvalue weighted by atomic mass is 10.1. The van der Waals surface area contributed by atoms with Crippen LogP contribution in [-0.2, 0) is 0 Å². The lowest BCUT2D eigenvalue weighted by Gasteiger charge is -2.00. The fraction of sp³-hybridized carbons (Fsp3) is 0.125. The zero-order valence-electron chi connectivity index (χ0n) is 11.3. The van der Waals surface area contributed by atoms with E-state index in [0.29, 0.717) is 11.7 Å². The molecule has 0 aliphatic rings. The molecule has 1 aromatic heterocycles. The molecular formula is C16H14N2OS. The van der Waals surface area contributed by atoms with E-state index in [1.54, 1.807) is 11.8 Å². The summed E-state index contributed by atoms with van der Waals surface area (Å²) in [5.41, 5.74) is 3.16. The smallest absolute Gasteiger partial charge is 0.259 e. The highest BCUT2D eigenvalue weighted by molar-refractivity contribution is 7.98. The Morgan fingerprint density at radius 3 is 2.50 bits per heavy atom. The third-order valence-electron chi connectivity index (χ3n) is 3.07. The van der Waals surface area contributed by atoms with Crippen molar-refractivity contribution in [3.63, 3.8) is 0 Å². The fourth-order valence-electron chi connectivity index (χ4n) is 1.97. The molecule has 0 bridgehead atoms. The maximum Gasteiger partial charge on any atom is 0.259 e. The maximum atomic E-state index is 5.40. The summed E-state index contributed by atoms with van der Waals surface area (Å²) in [6, 6.07) is 16.1. The second-order valence-electron chi connectivity index (χ2n) is 4.49. The summed E-state index contributed by atoms with van der Waals surface area (Å²) in [5, 5.41) is 4.07. The molecule has 0 amide bonds. The number of rotatable bonds is 3. The largest absolute Gasteiger partial charge is 0.334 e. The van der Waals surface area contributed by atoms with Crippen LogP contribution in [-0.4, -0.2) is 16.4 Å². The summed E-state index contributed by atoms with van der Waals surface area (Å²) in [6.07, 6.45) is 2.04. The van der Waals surface area contributed by atoms with Crippen molar-refractivity contribution in [3.05, 3.63) is 54.1 Å². The first-order chi connectivity index (χ1) is 9.78. The van der Waals surface area contributed by atoms with Crippen molar-refractivity contribution in [2.24, 2.45) is 0 Å². The van der Waals surface area contributed by atoms with Crippen molar-refractivity contribution in [1.29, 1.82) is 0 Å². The third-order valence-corrected chi connectivity index (χ3v) is 3.87. The van der Waals surface area contributed by atoms with Gasteiger partial charge in [0.1, 0.15) is 0 Å². The molecule has 0 saturated carbocycles. The summed E-state index contributed by atoms with van der Waals surface area (Å²) >= 11 is 1.67. The fourth-order valence-corrected chi connectivity index (χ4v) is 2.56. The highest BCUT2D eigenvalue weighted by Crippen LogP contribution is 2.30. The van der Waals surface area contributed by atoms with Gasteiger partial charge in [0.2, 0.25) is 5.82 Å². The van der Waals surface area contributed by atoms with Gasteiger partial charge in [-0.1, -0.05) is 47.1 Å². The number of benzene rings is 2. The molecule has 3 nitrogen and oxygen atoms in total. The van der Waals surface area contributed by atoms with E-state index in [2.05, 4.69) is 23.1 Å². The molecule has 0 aliphatic carbocycles. The van der Waals surface area contributed by atoms with Crippen LogP contribution >= 0.6 is 11.8 Å². The van der Waals surface area contributed by atoms with Gasteiger partial charge in [-0.25, -0.2) is 0 Å². The molecule has 2 aromatic carbocycles. The number of aromatic nitrogens is 2. The van der Waals surface area contributed by atoms with E-state index in [-0.39, 0.29) is 0 Å². The van der Waals surface area contributed by atoms with Crippen molar-refractivity contribution in [1.82, 2.24) is 10.1 Å². The molecule has 3 rings (SSSR count). The molecule has 0 N–H and O–H groups in total. The monoisotopic (exact) mass is 282 g/mol. The van der Waals surface area contributed by atoms with E-state index in [4.69, 9.17) is 4.52 Å². The van der Waals surface area contributed by atoms with Crippen LogP contribution in [0.25, 0.3) is 22.8 Å². The third kappa shape index (κ3) is 2.47. The van der Waals surface area contributed by atoms with Gasteiger partial charge < -0.3 is 4.52 Å². The summed E-state index contributed by atoms with van der Waals surface area (Å²) in [4.78, 5) is 5.63. The minimum absolute atomic E-state index is 0.561. The molecule has 0 saturated heterocycles. The van der Waals surface area contributed by atoms with Gasteiger partial charge in [0.05, 0.1) is 5.56 Å². The van der Waals surface area contributed by atoms with Gasteiger partial charge in [0.25, 0.3) is 5.89 Å². The van der Waals surface area contributed by atoms with Gasteiger partial charge in [0, 0.05) is 10.5 Å². The number of thioether (sulfide) groups is 1. The SMILES string of the molecule is CSc1ccccc1-c1nc(-c2ccc(C)cc2)no1. The zero-order chi connectivity index (χ0) is 13.9. The second-order valence-corrected chi connectivity index (χ2v) is 5.34. The lowest BCUT2D eigenvalue weighted by molar-refractivity contribution is 0.431. The number of nitrogens with zero attached hydrogens (tertiary/aromatic N) is 2. The van der Waals surface area contributed by atoms with Crippen molar-refractivity contribution in [2.75, 3.05) is 6.26 Å². The van der Waals surface area contributed by atoms with Gasteiger partial charge in [-0.15, -0.1) is 11.8 Å². The summed E-state index contributed by atoms with van der Waals surface area (Å²) in [5.74, 6) is 1.18. The van der Waals surface area contributed by atoms with E-state index < -0.39 is 0 Å². The average molecular weight is 282 g/mol. The first-order valence-electron chi connectivity index (χ1n) is 6.32. The molecule has 0 aliphatic heterocycles. The molecule has 20 heavy (non-hydrogen) atoms. The Morgan fingerprint density at radius 2 is 1.75 bits per heavy atom. The van der Waals surface area contributed by atoms with Crippen LogP contribution in [0.15, 0.2) is 57.9 Å². The molecule has 0 spiro atoms. The van der Waals surface area contributed by atoms with Crippen LogP contribution in [0, 0.1) is 6.92 Å². The summed E-state index contributed by atoms with van der Waals surface area (Å²) in [7, 11) is 0. The van der Waals surface area contributed by atoms with Gasteiger partial charge in [-0.2, -0.15) is 4.98 Å². The summed E-state index contributed by atoms with van der Waals surface area (Å²) < 4.78 is 5.40. The summed E-state index contributed by atoms with van der Waals surface area (Å²) in [6.45, 7) is 2.06. The van der Waals surface area contributed by atoms with Gasteiger partial charge in [0.15, 0.2) is 0 Å². The molecule has 0 atom stereocenters. The molecule has 0 radical (unpaired) electrons. The predicted octanol–water partition coefficient (Wildman–Crippen LogP) is 4.43. The number of hydrogen-bond acceptors (Lipinski definition) is 4. The van der Waals surface area contributed by atoms with Crippen LogP contribution in [0.3, 0.4) is 0 Å². The Morgan fingerprint density at radius 1 is 1.00 bits per heavy atom. The molecule has 0 unspecified atom stereocenters. The average Bonchev–Trinajstić information content (AvgIpc) is 2.97. The van der Waals surface area contributed by atoms with E-state index in [1.165, 1.54) is 5.56 Å². The highest BCUT2D eigenvalue weighted by atomic mass is 32.2. The number of hydrogen-bond donors (Lipinski definition) is 0. The maximum absolute atomic E-state index is 5.40. The molecular weight excluding hydrogens is 268 g/mol. The Hall–Kier alpha value is -2.07. The topological polar surface area (TPSA) is 38.9 Å². The molecule has 1 heterocycles. The Kier molecular flexibility index (Phi) is 3.56. The highest BCUT2D eigenvalue weighted by Gasteiger charge is 2.13. The molecule has 4 heteroatoms. The van der Waals surface area contributed by atoms with Gasteiger partial charge in [-0.3, -0.25) is 0 Å². The van der Waals surface area contributed by atoms with E-state index in [0.717, 1.165) is 16.0 Å².